The Morgan fingerprint density at radius 2 is 1.05 bits per heavy atom. The molecule has 0 fully saturated rings. The van der Waals surface area contributed by atoms with Crippen molar-refractivity contribution in [2.45, 2.75) is 12.1 Å². The second-order valence-corrected chi connectivity index (χ2v) is 9.14. The van der Waals surface area contributed by atoms with Crippen LogP contribution in [0.5, 0.6) is 6.01 Å². The fourth-order valence-corrected chi connectivity index (χ4v) is 5.03. The Morgan fingerprint density at radius 3 is 1.61 bits per heavy atom. The Bertz CT molecular complexity index is 1500. The van der Waals surface area contributed by atoms with Gasteiger partial charge >= 0.3 is 6.01 Å². The van der Waals surface area contributed by atoms with Gasteiger partial charge in [0.05, 0.1) is 0 Å². The summed E-state index contributed by atoms with van der Waals surface area (Å²) in [4.78, 5) is 4.58. The number of hydrogen-bond acceptors (Lipinski definition) is 3. The van der Waals surface area contributed by atoms with Gasteiger partial charge in [-0.15, -0.1) is 5.10 Å². The van der Waals surface area contributed by atoms with Gasteiger partial charge in [0, 0.05) is 0 Å². The maximum absolute atomic E-state index is 6.12. The lowest BCUT2D eigenvalue weighted by atomic mass is 9.77. The molecule has 0 radical (unpaired) electrons. The van der Waals surface area contributed by atoms with Crippen LogP contribution >= 0.6 is 0 Å². The van der Waals surface area contributed by atoms with E-state index in [1.165, 1.54) is 5.56 Å². The molecule has 5 aromatic carbocycles. The number of ether oxygens (including phenoxy) is 1. The van der Waals surface area contributed by atoms with E-state index in [2.05, 4.69) is 114 Å². The van der Waals surface area contributed by atoms with E-state index in [9.17, 15) is 0 Å². The van der Waals surface area contributed by atoms with Gasteiger partial charge in [-0.2, -0.15) is 4.98 Å². The van der Waals surface area contributed by atoms with Crippen LogP contribution in [0.3, 0.4) is 0 Å². The fourth-order valence-electron chi connectivity index (χ4n) is 5.03. The average molecular weight is 494 g/mol. The first-order chi connectivity index (χ1) is 18.8. The molecule has 4 heteroatoms. The highest BCUT2D eigenvalue weighted by molar-refractivity contribution is 5.63. The quantitative estimate of drug-likeness (QED) is 0.208. The van der Waals surface area contributed by atoms with Crippen molar-refractivity contribution >= 4 is 0 Å². The van der Waals surface area contributed by atoms with Gasteiger partial charge in [0.2, 0.25) is 0 Å². The monoisotopic (exact) mass is 493 g/mol. The standard InChI is InChI=1S/C34H27N3O/c1-5-15-28(16-6-1)29-17-13-14-27(24-29)25-38-33-35-26-37(36-33)34(30-18-7-2-8-19-30,31-20-9-3-10-21-31)32-22-11-4-12-23-32/h1-24,26H,25H2. The van der Waals surface area contributed by atoms with Crippen molar-refractivity contribution in [1.29, 1.82) is 0 Å². The summed E-state index contributed by atoms with van der Waals surface area (Å²) in [5, 5.41) is 4.89. The third kappa shape index (κ3) is 4.48. The highest BCUT2D eigenvalue weighted by Crippen LogP contribution is 2.40. The van der Waals surface area contributed by atoms with E-state index < -0.39 is 5.54 Å². The minimum Gasteiger partial charge on any atom is -0.458 e. The van der Waals surface area contributed by atoms with Gasteiger partial charge in [0.15, 0.2) is 0 Å². The topological polar surface area (TPSA) is 39.9 Å². The summed E-state index contributed by atoms with van der Waals surface area (Å²) in [5.41, 5.74) is 5.93. The largest absolute Gasteiger partial charge is 0.458 e. The Morgan fingerprint density at radius 1 is 0.553 bits per heavy atom. The molecule has 0 saturated carbocycles. The van der Waals surface area contributed by atoms with Crippen LogP contribution in [0.1, 0.15) is 22.3 Å². The summed E-state index contributed by atoms with van der Waals surface area (Å²) in [7, 11) is 0. The summed E-state index contributed by atoms with van der Waals surface area (Å²) in [6.45, 7) is 0.375. The van der Waals surface area contributed by atoms with Gasteiger partial charge in [-0.25, -0.2) is 4.68 Å². The Labute approximate surface area is 222 Å². The Kier molecular flexibility index (Phi) is 6.52. The van der Waals surface area contributed by atoms with Crippen molar-refractivity contribution in [3.63, 3.8) is 0 Å². The maximum atomic E-state index is 6.12. The van der Waals surface area contributed by atoms with Crippen LogP contribution in [0.4, 0.5) is 0 Å². The molecule has 0 aliphatic heterocycles. The Balaban J connectivity index is 1.38. The van der Waals surface area contributed by atoms with E-state index >= 15 is 0 Å². The number of hydrogen-bond donors (Lipinski definition) is 0. The van der Waals surface area contributed by atoms with Gasteiger partial charge in [0.1, 0.15) is 18.5 Å². The lowest BCUT2D eigenvalue weighted by molar-refractivity contribution is 0.276. The molecule has 6 aromatic rings. The zero-order chi connectivity index (χ0) is 25.6. The molecule has 0 atom stereocenters. The molecule has 184 valence electrons. The molecule has 1 heterocycles. The summed E-state index contributed by atoms with van der Waals surface area (Å²) in [6, 6.07) is 50.3. The van der Waals surface area contributed by atoms with Crippen LogP contribution in [-0.2, 0) is 12.1 Å². The van der Waals surface area contributed by atoms with Crippen molar-refractivity contribution in [3.8, 4) is 17.1 Å². The van der Waals surface area contributed by atoms with Crippen LogP contribution in [0.25, 0.3) is 11.1 Å². The predicted octanol–water partition coefficient (Wildman–Crippen LogP) is 7.36. The fraction of sp³-hybridized carbons (Fsp3) is 0.0588. The molecule has 0 saturated heterocycles. The Hall–Kier alpha value is -4.96. The third-order valence-corrected chi connectivity index (χ3v) is 6.79. The minimum absolute atomic E-state index is 0.335. The second kappa shape index (κ2) is 10.6. The van der Waals surface area contributed by atoms with Crippen LogP contribution < -0.4 is 4.74 Å². The smallest absolute Gasteiger partial charge is 0.335 e. The van der Waals surface area contributed by atoms with E-state index in [1.807, 2.05) is 41.1 Å². The van der Waals surface area contributed by atoms with Crippen LogP contribution in [0.2, 0.25) is 0 Å². The van der Waals surface area contributed by atoms with Crippen molar-refractivity contribution in [2.24, 2.45) is 0 Å². The summed E-state index contributed by atoms with van der Waals surface area (Å²) >= 11 is 0. The van der Waals surface area contributed by atoms with E-state index in [-0.39, 0.29) is 0 Å². The van der Waals surface area contributed by atoms with Gasteiger partial charge in [-0.05, 0) is 39.4 Å². The zero-order valence-electron chi connectivity index (χ0n) is 20.9. The van der Waals surface area contributed by atoms with E-state index in [0.717, 1.165) is 27.8 Å². The SMILES string of the molecule is c1ccc(-c2cccc(COc3ncn(C(c4ccccc4)(c4ccccc4)c4ccccc4)n3)c2)cc1. The molecule has 0 aliphatic rings. The van der Waals surface area contributed by atoms with Crippen molar-refractivity contribution in [1.82, 2.24) is 14.8 Å². The molecular formula is C34H27N3O. The molecule has 0 aliphatic carbocycles. The normalized spacial score (nSPS) is 11.3. The van der Waals surface area contributed by atoms with Gasteiger partial charge in [0.25, 0.3) is 0 Å². The summed E-state index contributed by atoms with van der Waals surface area (Å²) in [5.74, 6) is 0. The van der Waals surface area contributed by atoms with Crippen molar-refractivity contribution in [2.75, 3.05) is 0 Å². The van der Waals surface area contributed by atoms with E-state index in [4.69, 9.17) is 9.84 Å². The molecule has 38 heavy (non-hydrogen) atoms. The molecule has 6 rings (SSSR count). The summed E-state index contributed by atoms with van der Waals surface area (Å²) < 4.78 is 8.04. The number of aromatic nitrogens is 3. The third-order valence-electron chi connectivity index (χ3n) is 6.79. The van der Waals surface area contributed by atoms with Crippen molar-refractivity contribution < 1.29 is 4.74 Å². The first-order valence-corrected chi connectivity index (χ1v) is 12.7. The molecule has 0 bridgehead atoms. The molecule has 0 unspecified atom stereocenters. The number of nitrogens with zero attached hydrogens (tertiary/aromatic N) is 3. The minimum atomic E-state index is -0.717. The summed E-state index contributed by atoms with van der Waals surface area (Å²) in [6.07, 6.45) is 1.77. The average Bonchev–Trinajstić information content (AvgIpc) is 3.48. The molecule has 0 spiro atoms. The van der Waals surface area contributed by atoms with Crippen LogP contribution in [0, 0.1) is 0 Å². The molecule has 0 N–H and O–H groups in total. The first-order valence-electron chi connectivity index (χ1n) is 12.7. The lowest BCUT2D eigenvalue weighted by Crippen LogP contribution is -2.38. The molecular weight excluding hydrogens is 466 g/mol. The highest BCUT2D eigenvalue weighted by atomic mass is 16.5. The van der Waals surface area contributed by atoms with Crippen molar-refractivity contribution in [3.05, 3.63) is 174 Å². The number of rotatable bonds is 8. The maximum Gasteiger partial charge on any atom is 0.335 e. The first kappa shape index (κ1) is 23.4. The van der Waals surface area contributed by atoms with Crippen LogP contribution in [0.15, 0.2) is 152 Å². The van der Waals surface area contributed by atoms with Gasteiger partial charge in [-0.1, -0.05) is 140 Å². The highest BCUT2D eigenvalue weighted by Gasteiger charge is 2.39. The zero-order valence-corrected chi connectivity index (χ0v) is 20.9. The van der Waals surface area contributed by atoms with Crippen LogP contribution in [-0.4, -0.2) is 14.8 Å². The lowest BCUT2D eigenvalue weighted by Gasteiger charge is -2.35. The molecule has 1 aromatic heterocycles. The second-order valence-electron chi connectivity index (χ2n) is 9.14. The van der Waals surface area contributed by atoms with E-state index in [0.29, 0.717) is 12.6 Å². The van der Waals surface area contributed by atoms with E-state index in [1.54, 1.807) is 6.33 Å². The predicted molar refractivity (Wildman–Crippen MR) is 151 cm³/mol. The van der Waals surface area contributed by atoms with Gasteiger partial charge in [-0.3, -0.25) is 0 Å². The van der Waals surface area contributed by atoms with Gasteiger partial charge < -0.3 is 4.74 Å². The molecule has 0 amide bonds. The number of benzene rings is 5. The molecule has 4 nitrogen and oxygen atoms in total.